The molecule has 0 saturated carbocycles. The van der Waals surface area contributed by atoms with Gasteiger partial charge in [-0.3, -0.25) is 35.1 Å². The Labute approximate surface area is 206 Å². The number of nitrogens with zero attached hydrogens (tertiary/aromatic N) is 4. The van der Waals surface area contributed by atoms with E-state index in [1.807, 2.05) is 0 Å². The monoisotopic (exact) mass is 509 g/mol. The van der Waals surface area contributed by atoms with Gasteiger partial charge in [0.05, 0.1) is 20.8 Å². The molecule has 0 aliphatic carbocycles. The minimum Gasteiger partial charge on any atom is -0.450 e. The minimum atomic E-state index is -0.823. The molecule has 0 bridgehead atoms. The van der Waals surface area contributed by atoms with Gasteiger partial charge in [-0.25, -0.2) is 0 Å². The van der Waals surface area contributed by atoms with Crippen LogP contribution >= 0.6 is 11.6 Å². The fraction of sp³-hybridized carbons (Fsp3) is 0. The number of anilines is 1. The molecule has 0 radical (unpaired) electrons. The maximum atomic E-state index is 12.5. The third-order valence-electron chi connectivity index (χ3n) is 4.53. The SMILES string of the molecule is N#C/C(=C\c1ccc(Oc2ccc([N+](=O)[O-])cc2[N+](=O)[O-])cc1)C(=O)Nc1ccc(Cl)c([N+](=O)[O-])c1. The van der Waals surface area contributed by atoms with Gasteiger partial charge in [-0.2, -0.15) is 5.26 Å². The number of nitrogens with one attached hydrogen (secondary N) is 1. The second-order valence-corrected chi connectivity index (χ2v) is 7.29. The van der Waals surface area contributed by atoms with Crippen molar-refractivity contribution in [3.63, 3.8) is 0 Å². The number of non-ortho nitro benzene ring substituents is 1. The quantitative estimate of drug-likeness (QED) is 0.179. The van der Waals surface area contributed by atoms with Crippen molar-refractivity contribution in [1.29, 1.82) is 5.26 Å². The van der Waals surface area contributed by atoms with Gasteiger partial charge in [0.25, 0.3) is 17.3 Å². The Morgan fingerprint density at radius 3 is 2.17 bits per heavy atom. The Kier molecular flexibility index (Phi) is 7.53. The van der Waals surface area contributed by atoms with Crippen molar-refractivity contribution in [1.82, 2.24) is 0 Å². The van der Waals surface area contributed by atoms with E-state index < -0.39 is 37.7 Å². The summed E-state index contributed by atoms with van der Waals surface area (Å²) in [5.41, 5.74) is -1.34. The van der Waals surface area contributed by atoms with Gasteiger partial charge in [-0.1, -0.05) is 23.7 Å². The summed E-state index contributed by atoms with van der Waals surface area (Å²) in [6.07, 6.45) is 1.25. The number of hydrogen-bond acceptors (Lipinski definition) is 9. The zero-order chi connectivity index (χ0) is 26.4. The van der Waals surface area contributed by atoms with Gasteiger partial charge >= 0.3 is 5.69 Å². The van der Waals surface area contributed by atoms with Crippen molar-refractivity contribution in [2.45, 2.75) is 0 Å². The average molecular weight is 510 g/mol. The lowest BCUT2D eigenvalue weighted by Crippen LogP contribution is -2.13. The highest BCUT2D eigenvalue weighted by molar-refractivity contribution is 6.32. The first-order valence-corrected chi connectivity index (χ1v) is 10.0. The van der Waals surface area contributed by atoms with Crippen molar-refractivity contribution >= 4 is 46.3 Å². The highest BCUT2D eigenvalue weighted by atomic mass is 35.5. The summed E-state index contributed by atoms with van der Waals surface area (Å²) in [5, 5.41) is 44.7. The molecule has 0 heterocycles. The van der Waals surface area contributed by atoms with E-state index in [1.54, 1.807) is 6.07 Å². The van der Waals surface area contributed by atoms with Gasteiger partial charge in [0.1, 0.15) is 22.4 Å². The Bertz CT molecular complexity index is 1460. The van der Waals surface area contributed by atoms with Crippen LogP contribution in [0.3, 0.4) is 0 Å². The number of rotatable bonds is 8. The van der Waals surface area contributed by atoms with E-state index in [4.69, 9.17) is 16.3 Å². The minimum absolute atomic E-state index is 0.0608. The van der Waals surface area contributed by atoms with Crippen molar-refractivity contribution in [3.8, 4) is 17.6 Å². The standard InChI is InChI=1S/C22H12ClN5O8/c23-18-7-3-15(10-19(18)27(32)33)25-22(29)14(12-24)9-13-1-5-17(6-2-13)36-21-8-4-16(26(30)31)11-20(21)28(34)35/h1-11H,(H,25,29)/b14-9+. The van der Waals surface area contributed by atoms with Gasteiger partial charge in [0, 0.05) is 17.8 Å². The van der Waals surface area contributed by atoms with E-state index in [0.29, 0.717) is 5.56 Å². The number of benzene rings is 3. The van der Waals surface area contributed by atoms with Crippen LogP contribution in [-0.2, 0) is 4.79 Å². The number of nitro benzene ring substituents is 3. The number of ether oxygens (including phenoxy) is 1. The van der Waals surface area contributed by atoms with E-state index in [2.05, 4.69) is 5.32 Å². The van der Waals surface area contributed by atoms with Gasteiger partial charge in [0.15, 0.2) is 0 Å². The second-order valence-electron chi connectivity index (χ2n) is 6.88. The van der Waals surface area contributed by atoms with E-state index in [-0.39, 0.29) is 27.8 Å². The molecule has 1 N–H and O–H groups in total. The molecular formula is C22H12ClN5O8. The summed E-state index contributed by atoms with van der Waals surface area (Å²) in [6.45, 7) is 0. The van der Waals surface area contributed by atoms with E-state index in [9.17, 15) is 40.4 Å². The Morgan fingerprint density at radius 1 is 0.917 bits per heavy atom. The number of nitriles is 1. The first kappa shape index (κ1) is 25.3. The van der Waals surface area contributed by atoms with E-state index >= 15 is 0 Å². The lowest BCUT2D eigenvalue weighted by Gasteiger charge is -2.07. The maximum Gasteiger partial charge on any atom is 0.318 e. The van der Waals surface area contributed by atoms with Gasteiger partial charge in [0.2, 0.25) is 5.75 Å². The van der Waals surface area contributed by atoms with Crippen LogP contribution < -0.4 is 10.1 Å². The molecule has 0 aliphatic rings. The topological polar surface area (TPSA) is 192 Å². The molecule has 14 heteroatoms. The predicted octanol–water partition coefficient (Wildman–Crippen LogP) is 5.40. The molecule has 3 aromatic carbocycles. The van der Waals surface area contributed by atoms with Crippen LogP contribution in [0.5, 0.6) is 11.5 Å². The van der Waals surface area contributed by atoms with Crippen LogP contribution in [0, 0.1) is 41.7 Å². The van der Waals surface area contributed by atoms with Crippen molar-refractivity contribution in [2.75, 3.05) is 5.32 Å². The van der Waals surface area contributed by atoms with E-state index in [0.717, 1.165) is 24.3 Å². The number of carbonyl (C=O) groups excluding carboxylic acids is 1. The number of amides is 1. The van der Waals surface area contributed by atoms with Crippen LogP contribution in [0.25, 0.3) is 6.08 Å². The molecule has 3 rings (SSSR count). The first-order chi connectivity index (χ1) is 17.1. The predicted molar refractivity (Wildman–Crippen MR) is 127 cm³/mol. The van der Waals surface area contributed by atoms with E-state index in [1.165, 1.54) is 42.5 Å². The van der Waals surface area contributed by atoms with Gasteiger partial charge in [-0.15, -0.1) is 0 Å². The summed E-state index contributed by atoms with van der Waals surface area (Å²) in [6, 6.07) is 14.0. The number of nitro groups is 3. The summed E-state index contributed by atoms with van der Waals surface area (Å²) in [5.74, 6) is -0.889. The molecule has 0 saturated heterocycles. The van der Waals surface area contributed by atoms with Crippen molar-refractivity contribution < 1.29 is 24.3 Å². The smallest absolute Gasteiger partial charge is 0.318 e. The zero-order valence-corrected chi connectivity index (χ0v) is 18.5. The molecule has 0 spiro atoms. The third-order valence-corrected chi connectivity index (χ3v) is 4.85. The lowest BCUT2D eigenvalue weighted by atomic mass is 10.1. The molecule has 1 amide bonds. The van der Waals surface area contributed by atoms with Crippen LogP contribution in [0.15, 0.2) is 66.2 Å². The van der Waals surface area contributed by atoms with Gasteiger partial charge < -0.3 is 10.1 Å². The number of carbonyl (C=O) groups is 1. The lowest BCUT2D eigenvalue weighted by molar-refractivity contribution is -0.394. The molecule has 36 heavy (non-hydrogen) atoms. The molecule has 0 atom stereocenters. The molecule has 3 aromatic rings. The van der Waals surface area contributed by atoms with Crippen LogP contribution in [0.1, 0.15) is 5.56 Å². The maximum absolute atomic E-state index is 12.5. The highest BCUT2D eigenvalue weighted by Gasteiger charge is 2.21. The van der Waals surface area contributed by atoms with Crippen molar-refractivity contribution in [2.24, 2.45) is 0 Å². The summed E-state index contributed by atoms with van der Waals surface area (Å²) in [4.78, 5) is 43.3. The van der Waals surface area contributed by atoms with Crippen LogP contribution in [0.2, 0.25) is 5.02 Å². The summed E-state index contributed by atoms with van der Waals surface area (Å²) < 4.78 is 5.46. The van der Waals surface area contributed by atoms with Gasteiger partial charge in [-0.05, 0) is 42.0 Å². The average Bonchev–Trinajstić information content (AvgIpc) is 2.84. The molecule has 0 aromatic heterocycles. The Balaban J connectivity index is 1.78. The second kappa shape index (κ2) is 10.7. The summed E-state index contributed by atoms with van der Waals surface area (Å²) >= 11 is 5.74. The Hall–Kier alpha value is -5.35. The fourth-order valence-corrected chi connectivity index (χ4v) is 3.04. The fourth-order valence-electron chi connectivity index (χ4n) is 2.85. The van der Waals surface area contributed by atoms with Crippen LogP contribution in [-0.4, -0.2) is 20.7 Å². The largest absolute Gasteiger partial charge is 0.450 e. The third kappa shape index (κ3) is 5.95. The molecule has 0 aliphatic heterocycles. The number of hydrogen-bond donors (Lipinski definition) is 1. The molecular weight excluding hydrogens is 498 g/mol. The van der Waals surface area contributed by atoms with Crippen molar-refractivity contribution in [3.05, 3.63) is 107 Å². The number of halogens is 1. The summed E-state index contributed by atoms with van der Waals surface area (Å²) in [7, 11) is 0. The molecule has 13 nitrogen and oxygen atoms in total. The molecule has 0 fully saturated rings. The highest BCUT2D eigenvalue weighted by Crippen LogP contribution is 2.34. The molecule has 180 valence electrons. The zero-order valence-electron chi connectivity index (χ0n) is 17.8. The van der Waals surface area contributed by atoms with Crippen LogP contribution in [0.4, 0.5) is 22.7 Å². The molecule has 0 unspecified atom stereocenters. The first-order valence-electron chi connectivity index (χ1n) is 9.67. The Morgan fingerprint density at radius 2 is 1.58 bits per heavy atom. The normalized spacial score (nSPS) is 10.7.